The van der Waals surface area contributed by atoms with Crippen LogP contribution in [0.3, 0.4) is 0 Å². The van der Waals surface area contributed by atoms with E-state index in [-0.39, 0.29) is 11.6 Å². The van der Waals surface area contributed by atoms with Crippen molar-refractivity contribution in [1.82, 2.24) is 0 Å². The van der Waals surface area contributed by atoms with Crippen molar-refractivity contribution in [3.63, 3.8) is 0 Å². The summed E-state index contributed by atoms with van der Waals surface area (Å²) in [6, 6.07) is 17.4. The zero-order valence-corrected chi connectivity index (χ0v) is 24.5. The molecule has 1 heterocycles. The van der Waals surface area contributed by atoms with Crippen LogP contribution in [0.1, 0.15) is 16.7 Å². The Kier molecular flexibility index (Phi) is 7.92. The third-order valence-electron chi connectivity index (χ3n) is 4.41. The van der Waals surface area contributed by atoms with Crippen LogP contribution in [-0.4, -0.2) is 11.9 Å². The summed E-state index contributed by atoms with van der Waals surface area (Å²) in [6.45, 7) is 0.427. The molecule has 0 saturated carbocycles. The monoisotopic (exact) mass is 793 g/mol. The first-order valence-electron chi connectivity index (χ1n) is 9.14. The van der Waals surface area contributed by atoms with Crippen LogP contribution in [0.5, 0.6) is 5.75 Å². The molecule has 0 atom stereocenters. The second-order valence-corrected chi connectivity index (χ2v) is 11.3. The number of aliphatic imine (C=N–C) groups is 1. The van der Waals surface area contributed by atoms with Crippen LogP contribution in [0, 0.1) is 3.57 Å². The molecule has 0 aliphatic carbocycles. The highest BCUT2D eigenvalue weighted by molar-refractivity contribution is 14.1. The number of rotatable bonds is 5. The van der Waals surface area contributed by atoms with Gasteiger partial charge in [0.05, 0.1) is 8.95 Å². The fourth-order valence-electron chi connectivity index (χ4n) is 2.86. The fourth-order valence-corrected chi connectivity index (χ4v) is 5.29. The van der Waals surface area contributed by atoms with Gasteiger partial charge in [-0.1, -0.05) is 28.1 Å². The van der Waals surface area contributed by atoms with Gasteiger partial charge in [-0.05, 0) is 130 Å². The van der Waals surface area contributed by atoms with Gasteiger partial charge in [0.25, 0.3) is 0 Å². The van der Waals surface area contributed by atoms with Crippen LogP contribution in [0.2, 0.25) is 0 Å². The first-order chi connectivity index (χ1) is 15.3. The van der Waals surface area contributed by atoms with E-state index in [2.05, 4.69) is 91.3 Å². The number of esters is 1. The van der Waals surface area contributed by atoms with Crippen molar-refractivity contribution >= 4 is 104 Å². The van der Waals surface area contributed by atoms with Gasteiger partial charge in [0.1, 0.15) is 12.4 Å². The lowest BCUT2D eigenvalue weighted by molar-refractivity contribution is -0.129. The van der Waals surface area contributed by atoms with Crippen molar-refractivity contribution < 1.29 is 14.3 Å². The summed E-state index contributed by atoms with van der Waals surface area (Å²) in [5, 5.41) is 0. The molecule has 0 bridgehead atoms. The normalized spacial score (nSPS) is 14.5. The molecule has 0 N–H and O–H groups in total. The number of carbonyl (C=O) groups excluding carboxylic acids is 1. The van der Waals surface area contributed by atoms with E-state index < -0.39 is 5.97 Å². The minimum Gasteiger partial charge on any atom is -0.487 e. The minimum absolute atomic E-state index is 0.233. The Hall–Kier alpha value is -1.01. The lowest BCUT2D eigenvalue weighted by Gasteiger charge is -2.11. The maximum absolute atomic E-state index is 12.4. The number of ether oxygens (including phenoxy) is 2. The molecule has 4 nitrogen and oxygen atoms in total. The number of cyclic esters (lactones) is 1. The summed E-state index contributed by atoms with van der Waals surface area (Å²) >= 11 is 16.3. The van der Waals surface area contributed by atoms with Crippen LogP contribution in [-0.2, 0) is 16.1 Å². The average Bonchev–Trinajstić information content (AvgIpc) is 3.11. The predicted molar refractivity (Wildman–Crippen MR) is 148 cm³/mol. The summed E-state index contributed by atoms with van der Waals surface area (Å²) in [7, 11) is 0. The maximum Gasteiger partial charge on any atom is 0.363 e. The smallest absolute Gasteiger partial charge is 0.363 e. The standard InChI is InChI=1S/C23H12Br4INO3/c24-15-4-1-12(2-5-15)11-31-21-17(26)7-13(8-18(21)27)9-20-23(30)32-22(29-20)14-3-6-19(28)16(25)10-14/h1-10H,11H2/b20-9-. The van der Waals surface area contributed by atoms with Crippen LogP contribution < -0.4 is 4.74 Å². The number of carbonyl (C=O) groups is 1. The van der Waals surface area contributed by atoms with Gasteiger partial charge in [-0.25, -0.2) is 9.79 Å². The summed E-state index contributed by atoms with van der Waals surface area (Å²) in [4.78, 5) is 16.8. The summed E-state index contributed by atoms with van der Waals surface area (Å²) in [5.41, 5.74) is 2.79. The van der Waals surface area contributed by atoms with E-state index in [9.17, 15) is 4.79 Å². The van der Waals surface area contributed by atoms with Crippen LogP contribution >= 0.6 is 86.3 Å². The zero-order chi connectivity index (χ0) is 22.8. The molecule has 0 saturated heterocycles. The van der Waals surface area contributed by atoms with E-state index in [0.29, 0.717) is 12.4 Å². The van der Waals surface area contributed by atoms with Gasteiger partial charge in [0.15, 0.2) is 5.70 Å². The Morgan fingerprint density at radius 2 is 1.62 bits per heavy atom. The van der Waals surface area contributed by atoms with Gasteiger partial charge >= 0.3 is 5.97 Å². The van der Waals surface area contributed by atoms with E-state index in [1.807, 2.05) is 54.6 Å². The molecule has 0 spiro atoms. The van der Waals surface area contributed by atoms with Crippen molar-refractivity contribution in [3.05, 3.63) is 98.4 Å². The second-order valence-electron chi connectivity index (χ2n) is 6.69. The molecular formula is C23H12Br4INO3. The molecule has 0 aromatic heterocycles. The molecular weight excluding hydrogens is 785 g/mol. The highest BCUT2D eigenvalue weighted by atomic mass is 127. The van der Waals surface area contributed by atoms with E-state index >= 15 is 0 Å². The number of hydrogen-bond acceptors (Lipinski definition) is 4. The molecule has 0 amide bonds. The predicted octanol–water partition coefficient (Wildman–Crippen LogP) is 8.26. The quantitative estimate of drug-likeness (QED) is 0.149. The van der Waals surface area contributed by atoms with Crippen LogP contribution in [0.15, 0.2) is 83.2 Å². The van der Waals surface area contributed by atoms with Crippen molar-refractivity contribution in [2.45, 2.75) is 6.61 Å². The fraction of sp³-hybridized carbons (Fsp3) is 0.0435. The molecule has 162 valence electrons. The van der Waals surface area contributed by atoms with E-state index in [4.69, 9.17) is 9.47 Å². The van der Waals surface area contributed by atoms with Crippen molar-refractivity contribution in [1.29, 1.82) is 0 Å². The molecule has 3 aromatic rings. The molecule has 0 radical (unpaired) electrons. The van der Waals surface area contributed by atoms with Gasteiger partial charge in [0.2, 0.25) is 5.90 Å². The molecule has 1 aliphatic rings. The molecule has 1 aliphatic heterocycles. The third-order valence-corrected chi connectivity index (χ3v) is 8.45. The molecule has 3 aromatic carbocycles. The topological polar surface area (TPSA) is 47.9 Å². The van der Waals surface area contributed by atoms with Gasteiger partial charge in [-0.15, -0.1) is 0 Å². The van der Waals surface area contributed by atoms with Gasteiger partial charge in [0, 0.05) is 18.1 Å². The average molecular weight is 797 g/mol. The Bertz CT molecular complexity index is 1250. The molecule has 9 heteroatoms. The molecule has 4 rings (SSSR count). The van der Waals surface area contributed by atoms with Crippen molar-refractivity contribution in [2.24, 2.45) is 4.99 Å². The summed E-state index contributed by atoms with van der Waals surface area (Å²) in [6.07, 6.45) is 1.69. The van der Waals surface area contributed by atoms with E-state index in [0.717, 1.165) is 38.2 Å². The number of nitrogens with zero attached hydrogens (tertiary/aromatic N) is 1. The van der Waals surface area contributed by atoms with Gasteiger partial charge in [-0.2, -0.15) is 0 Å². The molecule has 0 fully saturated rings. The SMILES string of the molecule is O=C1OC(c2ccc(I)c(Br)c2)=N/C1=C\c1cc(Br)c(OCc2ccc(Br)cc2)c(Br)c1. The molecule has 0 unspecified atom stereocenters. The second kappa shape index (κ2) is 10.5. The lowest BCUT2D eigenvalue weighted by Crippen LogP contribution is -2.05. The number of benzene rings is 3. The first kappa shape index (κ1) is 24.1. The van der Waals surface area contributed by atoms with Gasteiger partial charge < -0.3 is 9.47 Å². The first-order valence-corrected chi connectivity index (χ1v) is 13.4. The highest BCUT2D eigenvalue weighted by Gasteiger charge is 2.24. The third kappa shape index (κ3) is 5.72. The van der Waals surface area contributed by atoms with Crippen LogP contribution in [0.4, 0.5) is 0 Å². The largest absolute Gasteiger partial charge is 0.487 e. The Morgan fingerprint density at radius 3 is 2.28 bits per heavy atom. The highest BCUT2D eigenvalue weighted by Crippen LogP contribution is 2.36. The Labute approximate surface area is 232 Å². The summed E-state index contributed by atoms with van der Waals surface area (Å²) < 4.78 is 15.9. The molecule has 32 heavy (non-hydrogen) atoms. The van der Waals surface area contributed by atoms with Gasteiger partial charge in [-0.3, -0.25) is 0 Å². The van der Waals surface area contributed by atoms with Crippen molar-refractivity contribution in [2.75, 3.05) is 0 Å². The maximum atomic E-state index is 12.4. The minimum atomic E-state index is -0.488. The number of halogens is 5. The number of hydrogen-bond donors (Lipinski definition) is 0. The lowest BCUT2D eigenvalue weighted by atomic mass is 10.2. The van der Waals surface area contributed by atoms with E-state index in [1.54, 1.807) is 6.08 Å². The Balaban J connectivity index is 1.55. The zero-order valence-electron chi connectivity index (χ0n) is 16.0. The Morgan fingerprint density at radius 1 is 0.938 bits per heavy atom. The summed E-state index contributed by atoms with van der Waals surface area (Å²) in [5.74, 6) is 0.473. The van der Waals surface area contributed by atoms with Crippen molar-refractivity contribution in [3.8, 4) is 5.75 Å². The van der Waals surface area contributed by atoms with E-state index in [1.165, 1.54) is 0 Å². The van der Waals surface area contributed by atoms with Crippen LogP contribution in [0.25, 0.3) is 6.08 Å².